The summed E-state index contributed by atoms with van der Waals surface area (Å²) in [5, 5.41) is 17.0. The van der Waals surface area contributed by atoms with Gasteiger partial charge in [-0.2, -0.15) is 0 Å². The van der Waals surface area contributed by atoms with E-state index in [0.29, 0.717) is 21.7 Å². The summed E-state index contributed by atoms with van der Waals surface area (Å²) < 4.78 is 0. The lowest BCUT2D eigenvalue weighted by molar-refractivity contribution is -0.385. The van der Waals surface area contributed by atoms with Crippen molar-refractivity contribution in [3.05, 3.63) is 63.7 Å². The van der Waals surface area contributed by atoms with Crippen molar-refractivity contribution < 1.29 is 14.5 Å². The van der Waals surface area contributed by atoms with Crippen molar-refractivity contribution in [1.82, 2.24) is 5.32 Å². The second kappa shape index (κ2) is 11.7. The number of anilines is 1. The van der Waals surface area contributed by atoms with E-state index in [9.17, 15) is 19.7 Å². The Bertz CT molecular complexity index is 971. The first kappa shape index (κ1) is 23.8. The topological polar surface area (TPSA) is 101 Å². The maximum Gasteiger partial charge on any atom is 0.274 e. The number of hydrogen-bond acceptors (Lipinski definition) is 5. The smallest absolute Gasteiger partial charge is 0.274 e. The van der Waals surface area contributed by atoms with Crippen molar-refractivity contribution in [3.63, 3.8) is 0 Å². The molecule has 0 saturated heterocycles. The number of nitrogens with one attached hydrogen (secondary N) is 2. The molecule has 0 heterocycles. The first-order chi connectivity index (χ1) is 15.4. The van der Waals surface area contributed by atoms with Crippen LogP contribution in [0.15, 0.2) is 47.4 Å². The molecule has 8 heteroatoms. The van der Waals surface area contributed by atoms with Gasteiger partial charge in [0, 0.05) is 28.3 Å². The number of nitrogens with zero attached hydrogens (tertiary/aromatic N) is 1. The normalized spacial score (nSPS) is 14.8. The first-order valence-corrected chi connectivity index (χ1v) is 12.0. The average molecular weight is 456 g/mol. The largest absolute Gasteiger partial charge is 0.353 e. The van der Waals surface area contributed by atoms with Gasteiger partial charge >= 0.3 is 0 Å². The molecule has 2 amide bonds. The van der Waals surface area contributed by atoms with Crippen molar-refractivity contribution >= 4 is 35.0 Å². The summed E-state index contributed by atoms with van der Waals surface area (Å²) in [6.07, 6.45) is 8.10. The van der Waals surface area contributed by atoms with Gasteiger partial charge < -0.3 is 10.6 Å². The second-order valence-electron chi connectivity index (χ2n) is 8.11. The Morgan fingerprint density at radius 2 is 1.75 bits per heavy atom. The third-order valence-electron chi connectivity index (χ3n) is 5.62. The zero-order chi connectivity index (χ0) is 22.9. The third-order valence-corrected chi connectivity index (χ3v) is 6.70. The van der Waals surface area contributed by atoms with E-state index in [2.05, 4.69) is 10.6 Å². The Morgan fingerprint density at radius 3 is 2.47 bits per heavy atom. The van der Waals surface area contributed by atoms with E-state index < -0.39 is 4.92 Å². The Morgan fingerprint density at radius 1 is 1.06 bits per heavy atom. The van der Waals surface area contributed by atoms with Crippen molar-refractivity contribution in [2.75, 3.05) is 11.1 Å². The van der Waals surface area contributed by atoms with E-state index in [1.165, 1.54) is 37.1 Å². The highest BCUT2D eigenvalue weighted by atomic mass is 32.2. The van der Waals surface area contributed by atoms with Crippen LogP contribution in [0.5, 0.6) is 0 Å². The molecule has 1 saturated carbocycles. The molecular weight excluding hydrogens is 426 g/mol. The van der Waals surface area contributed by atoms with Crippen LogP contribution in [0.3, 0.4) is 0 Å². The predicted molar refractivity (Wildman–Crippen MR) is 127 cm³/mol. The molecule has 3 rings (SSSR count). The van der Waals surface area contributed by atoms with Crippen molar-refractivity contribution in [3.8, 4) is 0 Å². The van der Waals surface area contributed by atoms with Gasteiger partial charge in [0.25, 0.3) is 11.6 Å². The lowest BCUT2D eigenvalue weighted by Crippen LogP contribution is -2.36. The van der Waals surface area contributed by atoms with Gasteiger partial charge in [0.2, 0.25) is 5.91 Å². The Hall–Kier alpha value is -2.87. The standard InChI is InChI=1S/C24H29N3O4S/c1-17-13-14-19(15-21(17)27(30)31)26-24(29)20-11-7-8-12-22(20)32-16-23(28)25-18-9-5-3-2-4-6-10-18/h7-8,11-15,18H,2-6,9-10,16H2,1H3,(H,25,28)(H,26,29). The van der Waals surface area contributed by atoms with Gasteiger partial charge in [0.1, 0.15) is 0 Å². The SMILES string of the molecule is Cc1ccc(NC(=O)c2ccccc2SCC(=O)NC2CCCCCCC2)cc1[N+](=O)[O-]. The Kier molecular flexibility index (Phi) is 8.67. The van der Waals surface area contributed by atoms with Crippen LogP contribution in [0.25, 0.3) is 0 Å². The van der Waals surface area contributed by atoms with Crippen LogP contribution < -0.4 is 10.6 Å². The van der Waals surface area contributed by atoms with E-state index in [0.717, 1.165) is 25.7 Å². The van der Waals surface area contributed by atoms with E-state index >= 15 is 0 Å². The molecule has 0 aromatic heterocycles. The fourth-order valence-electron chi connectivity index (χ4n) is 3.88. The second-order valence-corrected chi connectivity index (χ2v) is 9.12. The molecule has 1 fully saturated rings. The maximum absolute atomic E-state index is 12.8. The quantitative estimate of drug-likeness (QED) is 0.327. The Balaban J connectivity index is 1.61. The van der Waals surface area contributed by atoms with Gasteiger partial charge in [-0.25, -0.2) is 0 Å². The number of thioether (sulfide) groups is 1. The number of benzene rings is 2. The zero-order valence-electron chi connectivity index (χ0n) is 18.3. The molecule has 2 N–H and O–H groups in total. The molecule has 2 aromatic carbocycles. The van der Waals surface area contributed by atoms with Crippen molar-refractivity contribution in [2.24, 2.45) is 0 Å². The number of aryl methyl sites for hydroxylation is 1. The minimum atomic E-state index is -0.469. The summed E-state index contributed by atoms with van der Waals surface area (Å²) in [5.74, 6) is -0.159. The number of carbonyl (C=O) groups excluding carboxylic acids is 2. The molecule has 1 aliphatic carbocycles. The fourth-order valence-corrected chi connectivity index (χ4v) is 4.74. The van der Waals surface area contributed by atoms with Crippen LogP contribution in [0, 0.1) is 17.0 Å². The van der Waals surface area contributed by atoms with Gasteiger partial charge in [-0.15, -0.1) is 11.8 Å². The van der Waals surface area contributed by atoms with Crippen molar-refractivity contribution in [2.45, 2.75) is 62.8 Å². The molecule has 0 atom stereocenters. The fraction of sp³-hybridized carbons (Fsp3) is 0.417. The van der Waals surface area contributed by atoms with E-state index in [1.807, 2.05) is 6.07 Å². The molecule has 7 nitrogen and oxygen atoms in total. The molecule has 0 aliphatic heterocycles. The molecule has 0 bridgehead atoms. The monoisotopic (exact) mass is 455 g/mol. The van der Waals surface area contributed by atoms with Gasteiger partial charge in [-0.05, 0) is 38.0 Å². The highest BCUT2D eigenvalue weighted by Crippen LogP contribution is 2.26. The summed E-state index contributed by atoms with van der Waals surface area (Å²) in [7, 11) is 0. The average Bonchev–Trinajstić information content (AvgIpc) is 2.75. The van der Waals surface area contributed by atoms with Gasteiger partial charge in [-0.1, -0.05) is 50.3 Å². The zero-order valence-corrected chi connectivity index (χ0v) is 19.1. The van der Waals surface area contributed by atoms with Crippen LogP contribution in [0.2, 0.25) is 0 Å². The van der Waals surface area contributed by atoms with E-state index in [1.54, 1.807) is 37.3 Å². The highest BCUT2D eigenvalue weighted by Gasteiger charge is 2.17. The van der Waals surface area contributed by atoms with Crippen LogP contribution in [-0.4, -0.2) is 28.5 Å². The summed E-state index contributed by atoms with van der Waals surface area (Å²) in [5.41, 5.74) is 1.27. The summed E-state index contributed by atoms with van der Waals surface area (Å²) in [4.78, 5) is 36.7. The van der Waals surface area contributed by atoms with Crippen LogP contribution in [0.1, 0.15) is 60.9 Å². The lowest BCUT2D eigenvalue weighted by Gasteiger charge is -2.21. The van der Waals surface area contributed by atoms with E-state index in [-0.39, 0.29) is 29.3 Å². The van der Waals surface area contributed by atoms with Crippen molar-refractivity contribution in [1.29, 1.82) is 0 Å². The number of amides is 2. The molecule has 0 radical (unpaired) electrons. The number of nitro benzene ring substituents is 1. The Labute approximate surface area is 192 Å². The number of nitro groups is 1. The summed E-state index contributed by atoms with van der Waals surface area (Å²) >= 11 is 1.32. The van der Waals surface area contributed by atoms with Crippen LogP contribution >= 0.6 is 11.8 Å². The van der Waals surface area contributed by atoms with Crippen LogP contribution in [0.4, 0.5) is 11.4 Å². The number of rotatable bonds is 7. The maximum atomic E-state index is 12.8. The molecular formula is C24H29N3O4S. The van der Waals surface area contributed by atoms with Gasteiger partial charge in [-0.3, -0.25) is 19.7 Å². The predicted octanol–water partition coefficient (Wildman–Crippen LogP) is 5.48. The third kappa shape index (κ3) is 6.82. The van der Waals surface area contributed by atoms with Gasteiger partial charge in [0.05, 0.1) is 16.2 Å². The lowest BCUT2D eigenvalue weighted by atomic mass is 9.97. The van der Waals surface area contributed by atoms with Gasteiger partial charge in [0.15, 0.2) is 0 Å². The molecule has 2 aromatic rings. The van der Waals surface area contributed by atoms with Crippen LogP contribution in [-0.2, 0) is 4.79 Å². The minimum absolute atomic E-state index is 0.0232. The number of carbonyl (C=O) groups is 2. The molecule has 32 heavy (non-hydrogen) atoms. The first-order valence-electron chi connectivity index (χ1n) is 11.0. The summed E-state index contributed by atoms with van der Waals surface area (Å²) in [6, 6.07) is 11.9. The number of hydrogen-bond donors (Lipinski definition) is 2. The molecule has 1 aliphatic rings. The molecule has 0 unspecified atom stereocenters. The molecule has 0 spiro atoms. The minimum Gasteiger partial charge on any atom is -0.353 e. The summed E-state index contributed by atoms with van der Waals surface area (Å²) in [6.45, 7) is 1.65. The highest BCUT2D eigenvalue weighted by molar-refractivity contribution is 8.00. The van der Waals surface area contributed by atoms with E-state index in [4.69, 9.17) is 0 Å². The molecule has 170 valence electrons.